The highest BCUT2D eigenvalue weighted by Crippen LogP contribution is 2.41. The fourth-order valence-electron chi connectivity index (χ4n) is 3.27. The molecule has 0 bridgehead atoms. The molecule has 0 radical (unpaired) electrons. The van der Waals surface area contributed by atoms with Crippen LogP contribution >= 0.6 is 11.6 Å². The van der Waals surface area contributed by atoms with E-state index in [4.69, 9.17) is 16.3 Å². The van der Waals surface area contributed by atoms with Crippen molar-refractivity contribution in [1.29, 1.82) is 0 Å². The van der Waals surface area contributed by atoms with Gasteiger partial charge in [-0.2, -0.15) is 0 Å². The molecular weight excluding hydrogens is 314 g/mol. The maximum atomic E-state index is 12.6. The molecule has 5 heteroatoms. The first-order valence-corrected chi connectivity index (χ1v) is 8.32. The minimum Gasteiger partial charge on any atom is -0.461 e. The molecule has 0 aromatic heterocycles. The van der Waals surface area contributed by atoms with Gasteiger partial charge in [-0.3, -0.25) is 4.79 Å². The highest BCUT2D eigenvalue weighted by Gasteiger charge is 2.49. The fraction of sp³-hybridized carbons (Fsp3) is 0.444. The Morgan fingerprint density at radius 2 is 2.00 bits per heavy atom. The lowest BCUT2D eigenvalue weighted by molar-refractivity contribution is -0.167. The Labute approximate surface area is 141 Å². The largest absolute Gasteiger partial charge is 0.461 e. The average molecular weight is 334 g/mol. The predicted molar refractivity (Wildman–Crippen MR) is 88.7 cm³/mol. The molecule has 0 spiro atoms. The summed E-state index contributed by atoms with van der Waals surface area (Å²) in [7, 11) is 0. The molecule has 0 aliphatic carbocycles. The van der Waals surface area contributed by atoms with Crippen LogP contribution in [0, 0.1) is 0 Å². The number of carbonyl (C=O) groups excluding carboxylic acids is 2. The van der Waals surface area contributed by atoms with Crippen molar-refractivity contribution in [2.75, 3.05) is 0 Å². The zero-order valence-corrected chi connectivity index (χ0v) is 14.0. The Kier molecular flexibility index (Phi) is 4.44. The van der Waals surface area contributed by atoms with Gasteiger partial charge in [-0.1, -0.05) is 41.9 Å². The molecule has 0 N–H and O–H groups in total. The molecule has 2 saturated heterocycles. The Morgan fingerprint density at radius 1 is 1.30 bits per heavy atom. The molecule has 4 nitrogen and oxygen atoms in total. The van der Waals surface area contributed by atoms with Gasteiger partial charge in [0.15, 0.2) is 6.04 Å². The molecule has 1 aromatic rings. The lowest BCUT2D eigenvalue weighted by atomic mass is 9.82. The van der Waals surface area contributed by atoms with E-state index >= 15 is 0 Å². The van der Waals surface area contributed by atoms with Gasteiger partial charge in [-0.25, -0.2) is 4.79 Å². The first-order valence-electron chi connectivity index (χ1n) is 7.94. The van der Waals surface area contributed by atoms with Crippen LogP contribution in [-0.4, -0.2) is 35.0 Å². The van der Waals surface area contributed by atoms with Crippen molar-refractivity contribution in [3.8, 4) is 0 Å². The second-order valence-electron chi connectivity index (χ2n) is 6.29. The van der Waals surface area contributed by atoms with Crippen molar-refractivity contribution >= 4 is 28.5 Å². The zero-order chi connectivity index (χ0) is 16.6. The van der Waals surface area contributed by atoms with Crippen molar-refractivity contribution in [2.24, 2.45) is 0 Å². The van der Waals surface area contributed by atoms with Crippen molar-refractivity contribution in [3.63, 3.8) is 0 Å². The van der Waals surface area contributed by atoms with E-state index in [0.29, 0.717) is 17.9 Å². The molecule has 3 rings (SSSR count). The maximum Gasteiger partial charge on any atom is 0.333 e. The highest BCUT2D eigenvalue weighted by molar-refractivity contribution is 6.49. The molecule has 0 unspecified atom stereocenters. The average Bonchev–Trinajstić information content (AvgIpc) is 2.52. The van der Waals surface area contributed by atoms with Gasteiger partial charge in [0.05, 0.1) is 6.10 Å². The Hall–Kier alpha value is -1.81. The number of benzene rings is 1. The smallest absolute Gasteiger partial charge is 0.333 e. The molecule has 0 saturated carbocycles. The van der Waals surface area contributed by atoms with E-state index < -0.39 is 6.04 Å². The Balaban J connectivity index is 1.99. The van der Waals surface area contributed by atoms with Crippen LogP contribution < -0.4 is 0 Å². The monoisotopic (exact) mass is 333 g/mol. The lowest BCUT2D eigenvalue weighted by Crippen LogP contribution is -2.63. The molecular formula is C18H20ClNO3. The van der Waals surface area contributed by atoms with E-state index in [1.165, 1.54) is 0 Å². The number of rotatable bonds is 3. The van der Waals surface area contributed by atoms with Crippen LogP contribution in [0.25, 0.3) is 5.03 Å². The highest BCUT2D eigenvalue weighted by atomic mass is 35.5. The maximum absolute atomic E-state index is 12.6. The third-order valence-corrected chi connectivity index (χ3v) is 4.79. The lowest BCUT2D eigenvalue weighted by Gasteiger charge is -2.49. The summed E-state index contributed by atoms with van der Waals surface area (Å²) in [6, 6.07) is 8.98. The van der Waals surface area contributed by atoms with Crippen molar-refractivity contribution in [2.45, 2.75) is 51.3 Å². The van der Waals surface area contributed by atoms with Crippen molar-refractivity contribution < 1.29 is 14.3 Å². The van der Waals surface area contributed by atoms with Gasteiger partial charge in [-0.15, -0.1) is 0 Å². The van der Waals surface area contributed by atoms with Gasteiger partial charge in [0.2, 0.25) is 5.91 Å². The van der Waals surface area contributed by atoms with Gasteiger partial charge < -0.3 is 9.64 Å². The van der Waals surface area contributed by atoms with E-state index in [0.717, 1.165) is 17.6 Å². The number of ether oxygens (including phenoxy) is 1. The Bertz CT molecular complexity index is 653. The van der Waals surface area contributed by atoms with Gasteiger partial charge in [0.1, 0.15) is 0 Å². The number of esters is 1. The molecule has 2 fully saturated rings. The van der Waals surface area contributed by atoms with Gasteiger partial charge in [0, 0.05) is 17.5 Å². The summed E-state index contributed by atoms with van der Waals surface area (Å²) in [5.41, 5.74) is 1.64. The summed E-state index contributed by atoms with van der Waals surface area (Å²) < 4.78 is 5.38. The van der Waals surface area contributed by atoms with Crippen LogP contribution in [0.15, 0.2) is 35.9 Å². The summed E-state index contributed by atoms with van der Waals surface area (Å²) in [6.07, 6.45) is 1.84. The number of carbonyl (C=O) groups is 2. The SMILES string of the molecule is CC(C)OC(=O)[C@H]1/C(=C(\Cl)c2ccccc2)CC[C@@H]2CC(=O)N21. The van der Waals surface area contributed by atoms with E-state index in [9.17, 15) is 9.59 Å². The molecule has 1 aromatic carbocycles. The third-order valence-electron chi connectivity index (χ3n) is 4.33. The molecule has 2 atom stereocenters. The van der Waals surface area contributed by atoms with Crippen LogP contribution in [-0.2, 0) is 14.3 Å². The van der Waals surface area contributed by atoms with Crippen molar-refractivity contribution in [3.05, 3.63) is 41.5 Å². The number of β-lactam (4-membered cyclic amide) rings is 1. The summed E-state index contributed by atoms with van der Waals surface area (Å²) in [6.45, 7) is 3.61. The predicted octanol–water partition coefficient (Wildman–Crippen LogP) is 3.35. The second-order valence-corrected chi connectivity index (χ2v) is 6.67. The molecule has 23 heavy (non-hydrogen) atoms. The summed E-state index contributed by atoms with van der Waals surface area (Å²) in [4.78, 5) is 26.3. The van der Waals surface area contributed by atoms with Gasteiger partial charge in [-0.05, 0) is 37.8 Å². The van der Waals surface area contributed by atoms with E-state index in [1.54, 1.807) is 18.7 Å². The first-order chi connectivity index (χ1) is 11.0. The molecule has 2 aliphatic rings. The number of amides is 1. The number of fused-ring (bicyclic) bond motifs is 1. The molecule has 2 heterocycles. The van der Waals surface area contributed by atoms with E-state index in [-0.39, 0.29) is 24.0 Å². The van der Waals surface area contributed by atoms with Gasteiger partial charge >= 0.3 is 5.97 Å². The van der Waals surface area contributed by atoms with Gasteiger partial charge in [0.25, 0.3) is 0 Å². The number of piperidine rings is 1. The summed E-state index contributed by atoms with van der Waals surface area (Å²) in [5.74, 6) is -0.391. The van der Waals surface area contributed by atoms with E-state index in [2.05, 4.69) is 0 Å². The van der Waals surface area contributed by atoms with Crippen LogP contribution in [0.2, 0.25) is 0 Å². The quantitative estimate of drug-likeness (QED) is 0.629. The summed E-state index contributed by atoms with van der Waals surface area (Å²) >= 11 is 6.58. The van der Waals surface area contributed by atoms with Crippen molar-refractivity contribution in [1.82, 2.24) is 4.90 Å². The molecule has 122 valence electrons. The minimum absolute atomic E-state index is 0.00423. The van der Waals surface area contributed by atoms with Crippen LogP contribution in [0.1, 0.15) is 38.7 Å². The van der Waals surface area contributed by atoms with Crippen LogP contribution in [0.3, 0.4) is 0 Å². The normalized spacial score (nSPS) is 25.7. The molecule has 1 amide bonds. The topological polar surface area (TPSA) is 46.6 Å². The number of nitrogens with zero attached hydrogens (tertiary/aromatic N) is 1. The number of hydrogen-bond donors (Lipinski definition) is 0. The first kappa shape index (κ1) is 16.1. The van der Waals surface area contributed by atoms with Crippen LogP contribution in [0.5, 0.6) is 0 Å². The third kappa shape index (κ3) is 3.00. The number of halogens is 1. The standard InChI is InChI=1S/C18H20ClNO3/c1-11(2)23-18(22)17-14(9-8-13-10-15(21)20(13)17)16(19)12-6-4-3-5-7-12/h3-7,11,13,17H,8-10H2,1-2H3/b16-14-/t13-,17-/m1/s1. The fourth-order valence-corrected chi connectivity index (χ4v) is 3.60. The summed E-state index contributed by atoms with van der Waals surface area (Å²) in [5, 5.41) is 0.550. The second kappa shape index (κ2) is 6.36. The zero-order valence-electron chi connectivity index (χ0n) is 13.3. The van der Waals surface area contributed by atoms with E-state index in [1.807, 2.05) is 30.3 Å². The minimum atomic E-state index is -0.690. The molecule has 2 aliphatic heterocycles. The van der Waals surface area contributed by atoms with Crippen LogP contribution in [0.4, 0.5) is 0 Å². The Morgan fingerprint density at radius 3 is 2.61 bits per heavy atom. The number of hydrogen-bond acceptors (Lipinski definition) is 3.